The Morgan fingerprint density at radius 1 is 1.33 bits per heavy atom. The Hall–Kier alpha value is -0.900. The minimum Gasteiger partial charge on any atom is -0.379 e. The molecule has 0 rings (SSSR count). The van der Waals surface area contributed by atoms with E-state index in [1.54, 1.807) is 0 Å². The molecule has 15 heavy (non-hydrogen) atoms. The van der Waals surface area contributed by atoms with Crippen molar-refractivity contribution in [2.24, 2.45) is 0 Å². The maximum Gasteiger partial charge on any atom is 0.226 e. The van der Waals surface area contributed by atoms with E-state index >= 15 is 0 Å². The standard InChI is InChI=1S/C11H21NO3/c1-4-9(2)15-8-6-5-7-11(14)12-10(3)13/h9H,4-8H2,1-3H3,(H,12,13,14). The number of carbonyl (C=O) groups excluding carboxylic acids is 2. The van der Waals surface area contributed by atoms with E-state index in [0.717, 1.165) is 19.3 Å². The van der Waals surface area contributed by atoms with E-state index in [9.17, 15) is 9.59 Å². The van der Waals surface area contributed by atoms with Crippen molar-refractivity contribution in [3.05, 3.63) is 0 Å². The van der Waals surface area contributed by atoms with Gasteiger partial charge in [0.05, 0.1) is 6.10 Å². The van der Waals surface area contributed by atoms with Gasteiger partial charge in [-0.2, -0.15) is 0 Å². The summed E-state index contributed by atoms with van der Waals surface area (Å²) < 4.78 is 5.46. The lowest BCUT2D eigenvalue weighted by Gasteiger charge is -2.09. The molecule has 1 N–H and O–H groups in total. The molecule has 4 heteroatoms. The first-order valence-electron chi connectivity index (χ1n) is 5.48. The molecule has 0 spiro atoms. The van der Waals surface area contributed by atoms with Crippen molar-refractivity contribution >= 4 is 11.8 Å². The van der Waals surface area contributed by atoms with Crippen LogP contribution in [0.15, 0.2) is 0 Å². The average Bonchev–Trinajstić information content (AvgIpc) is 2.15. The summed E-state index contributed by atoms with van der Waals surface area (Å²) in [6.07, 6.45) is 3.30. The zero-order valence-electron chi connectivity index (χ0n) is 9.84. The maximum atomic E-state index is 11.0. The van der Waals surface area contributed by atoms with Crippen molar-refractivity contribution in [1.82, 2.24) is 5.32 Å². The van der Waals surface area contributed by atoms with Crippen LogP contribution in [0.25, 0.3) is 0 Å². The number of unbranched alkanes of at least 4 members (excludes halogenated alkanes) is 1. The first-order chi connectivity index (χ1) is 7.06. The van der Waals surface area contributed by atoms with Gasteiger partial charge in [-0.15, -0.1) is 0 Å². The molecular weight excluding hydrogens is 194 g/mol. The number of ether oxygens (including phenoxy) is 1. The molecule has 0 fully saturated rings. The molecule has 0 saturated heterocycles. The van der Waals surface area contributed by atoms with Gasteiger partial charge >= 0.3 is 0 Å². The van der Waals surface area contributed by atoms with Crippen LogP contribution in [0.1, 0.15) is 46.5 Å². The van der Waals surface area contributed by atoms with Crippen molar-refractivity contribution in [2.75, 3.05) is 6.61 Å². The molecule has 0 radical (unpaired) electrons. The average molecular weight is 215 g/mol. The lowest BCUT2D eigenvalue weighted by Crippen LogP contribution is -2.27. The molecule has 1 atom stereocenters. The molecule has 0 aliphatic heterocycles. The third-order valence-electron chi connectivity index (χ3n) is 2.09. The molecule has 0 bridgehead atoms. The second kappa shape index (κ2) is 8.41. The highest BCUT2D eigenvalue weighted by Crippen LogP contribution is 2.00. The van der Waals surface area contributed by atoms with Crippen LogP contribution < -0.4 is 5.32 Å². The van der Waals surface area contributed by atoms with Gasteiger partial charge in [-0.05, 0) is 26.2 Å². The monoisotopic (exact) mass is 215 g/mol. The van der Waals surface area contributed by atoms with Gasteiger partial charge in [0.1, 0.15) is 0 Å². The van der Waals surface area contributed by atoms with Gasteiger partial charge in [0, 0.05) is 20.0 Å². The second-order valence-electron chi connectivity index (χ2n) is 3.65. The molecule has 0 aliphatic carbocycles. The first-order valence-corrected chi connectivity index (χ1v) is 5.48. The van der Waals surface area contributed by atoms with E-state index in [0.29, 0.717) is 13.0 Å². The SMILES string of the molecule is CCC(C)OCCCCC(=O)NC(C)=O. The molecule has 0 aliphatic rings. The molecule has 4 nitrogen and oxygen atoms in total. The minimum absolute atomic E-state index is 0.203. The molecule has 0 aromatic rings. The van der Waals surface area contributed by atoms with E-state index < -0.39 is 0 Å². The van der Waals surface area contributed by atoms with Crippen LogP contribution in [0.4, 0.5) is 0 Å². The van der Waals surface area contributed by atoms with Crippen LogP contribution in [-0.2, 0) is 14.3 Å². The summed E-state index contributed by atoms with van der Waals surface area (Å²) in [7, 11) is 0. The largest absolute Gasteiger partial charge is 0.379 e. The van der Waals surface area contributed by atoms with Crippen LogP contribution in [0.3, 0.4) is 0 Å². The minimum atomic E-state index is -0.296. The van der Waals surface area contributed by atoms with Gasteiger partial charge in [-0.3, -0.25) is 14.9 Å². The summed E-state index contributed by atoms with van der Waals surface area (Å²) >= 11 is 0. The third-order valence-corrected chi connectivity index (χ3v) is 2.09. The summed E-state index contributed by atoms with van der Waals surface area (Å²) in [5.41, 5.74) is 0. The Morgan fingerprint density at radius 2 is 2.00 bits per heavy atom. The number of hydrogen-bond donors (Lipinski definition) is 1. The number of amides is 2. The molecule has 0 aromatic heterocycles. The first kappa shape index (κ1) is 14.1. The number of carbonyl (C=O) groups is 2. The van der Waals surface area contributed by atoms with Crippen molar-refractivity contribution in [2.45, 2.75) is 52.6 Å². The number of hydrogen-bond acceptors (Lipinski definition) is 3. The number of rotatable bonds is 7. The Balaban J connectivity index is 3.31. The molecule has 0 aromatic carbocycles. The summed E-state index contributed by atoms with van der Waals surface area (Å²) in [6.45, 7) is 6.12. The number of nitrogens with one attached hydrogen (secondary N) is 1. The summed E-state index contributed by atoms with van der Waals surface area (Å²) in [5.74, 6) is -0.498. The van der Waals surface area contributed by atoms with Crippen LogP contribution in [0.5, 0.6) is 0 Å². The zero-order chi connectivity index (χ0) is 11.7. The van der Waals surface area contributed by atoms with Crippen molar-refractivity contribution in [3.8, 4) is 0 Å². The zero-order valence-corrected chi connectivity index (χ0v) is 9.84. The lowest BCUT2D eigenvalue weighted by molar-refractivity contribution is -0.129. The van der Waals surface area contributed by atoms with Crippen LogP contribution >= 0.6 is 0 Å². The fourth-order valence-corrected chi connectivity index (χ4v) is 1.05. The van der Waals surface area contributed by atoms with E-state index in [2.05, 4.69) is 12.2 Å². The molecule has 0 heterocycles. The summed E-state index contributed by atoms with van der Waals surface area (Å²) in [4.78, 5) is 21.5. The predicted molar refractivity (Wildman–Crippen MR) is 58.4 cm³/mol. The van der Waals surface area contributed by atoms with Gasteiger partial charge in [0.15, 0.2) is 0 Å². The van der Waals surface area contributed by atoms with Crippen LogP contribution in [0.2, 0.25) is 0 Å². The second-order valence-corrected chi connectivity index (χ2v) is 3.65. The Morgan fingerprint density at radius 3 is 2.53 bits per heavy atom. The highest BCUT2D eigenvalue weighted by atomic mass is 16.5. The Labute approximate surface area is 91.4 Å². The number of imide groups is 1. The topological polar surface area (TPSA) is 55.4 Å². The molecule has 88 valence electrons. The normalized spacial score (nSPS) is 12.2. The van der Waals surface area contributed by atoms with Gasteiger partial charge in [-0.25, -0.2) is 0 Å². The van der Waals surface area contributed by atoms with E-state index in [1.807, 2.05) is 6.92 Å². The molecule has 0 saturated carbocycles. The maximum absolute atomic E-state index is 11.0. The summed E-state index contributed by atoms with van der Waals surface area (Å²) in [5, 5.41) is 2.23. The van der Waals surface area contributed by atoms with Gasteiger partial charge in [0.2, 0.25) is 11.8 Å². The van der Waals surface area contributed by atoms with Gasteiger partial charge in [0.25, 0.3) is 0 Å². The smallest absolute Gasteiger partial charge is 0.226 e. The predicted octanol–water partition coefficient (Wildman–Crippen LogP) is 1.63. The highest BCUT2D eigenvalue weighted by Gasteiger charge is 2.03. The summed E-state index contributed by atoms with van der Waals surface area (Å²) in [6, 6.07) is 0. The molecule has 2 amide bonds. The van der Waals surface area contributed by atoms with Crippen molar-refractivity contribution in [1.29, 1.82) is 0 Å². The Kier molecular flexibility index (Phi) is 7.91. The van der Waals surface area contributed by atoms with Gasteiger partial charge < -0.3 is 4.74 Å². The van der Waals surface area contributed by atoms with E-state index in [-0.39, 0.29) is 17.9 Å². The van der Waals surface area contributed by atoms with Crippen LogP contribution in [-0.4, -0.2) is 24.5 Å². The highest BCUT2D eigenvalue weighted by molar-refractivity contribution is 5.93. The van der Waals surface area contributed by atoms with E-state index in [4.69, 9.17) is 4.74 Å². The third kappa shape index (κ3) is 9.41. The van der Waals surface area contributed by atoms with Crippen molar-refractivity contribution < 1.29 is 14.3 Å². The van der Waals surface area contributed by atoms with Crippen LogP contribution in [0, 0.1) is 0 Å². The molecule has 1 unspecified atom stereocenters. The quantitative estimate of drug-likeness (QED) is 0.657. The van der Waals surface area contributed by atoms with Gasteiger partial charge in [-0.1, -0.05) is 6.92 Å². The van der Waals surface area contributed by atoms with Crippen molar-refractivity contribution in [3.63, 3.8) is 0 Å². The fraction of sp³-hybridized carbons (Fsp3) is 0.818. The Bertz CT molecular complexity index is 204. The lowest BCUT2D eigenvalue weighted by atomic mass is 10.2. The molecular formula is C11H21NO3. The fourth-order valence-electron chi connectivity index (χ4n) is 1.05. The van der Waals surface area contributed by atoms with E-state index in [1.165, 1.54) is 6.92 Å².